The minimum Gasteiger partial charge on any atom is -0.457 e. The fraction of sp³-hybridized carbons (Fsp3) is 0.238. The highest BCUT2D eigenvalue weighted by atomic mass is 16.6. The largest absolute Gasteiger partial charge is 0.457 e. The molecule has 3 rings (SSSR count). The van der Waals surface area contributed by atoms with Gasteiger partial charge in [0.25, 0.3) is 11.6 Å². The van der Waals surface area contributed by atoms with Gasteiger partial charge in [-0.3, -0.25) is 39.7 Å². The molecule has 2 amide bonds. The fourth-order valence-corrected chi connectivity index (χ4v) is 3.09. The number of hydrogen-bond acceptors (Lipinski definition) is 7. The van der Waals surface area contributed by atoms with E-state index in [1.807, 2.05) is 0 Å². The van der Waals surface area contributed by atoms with Gasteiger partial charge in [-0.25, -0.2) is 0 Å². The normalized spacial score (nSPS) is 15.5. The zero-order chi connectivity index (χ0) is 22.5. The van der Waals surface area contributed by atoms with Crippen LogP contribution in [0, 0.1) is 23.0 Å². The molecule has 10 heteroatoms. The van der Waals surface area contributed by atoms with Crippen molar-refractivity contribution in [3.63, 3.8) is 0 Å². The number of ketones is 1. The number of carbonyl (C=O) groups excluding carboxylic acids is 4. The number of amides is 2. The minimum absolute atomic E-state index is 0.0684. The number of ether oxygens (including phenoxy) is 1. The van der Waals surface area contributed by atoms with E-state index >= 15 is 0 Å². The van der Waals surface area contributed by atoms with Gasteiger partial charge < -0.3 is 4.74 Å². The van der Waals surface area contributed by atoms with E-state index in [-0.39, 0.29) is 24.2 Å². The number of non-ortho nitro benzene ring substituents is 1. The lowest BCUT2D eigenvalue weighted by Crippen LogP contribution is -2.43. The van der Waals surface area contributed by atoms with E-state index in [0.29, 0.717) is 5.56 Å². The zero-order valence-electron chi connectivity index (χ0n) is 16.6. The van der Waals surface area contributed by atoms with Crippen molar-refractivity contribution < 1.29 is 28.8 Å². The summed E-state index contributed by atoms with van der Waals surface area (Å²) in [6.45, 7) is 1.14. The summed E-state index contributed by atoms with van der Waals surface area (Å²) in [5.74, 6) is -3.00. The van der Waals surface area contributed by atoms with Gasteiger partial charge in [0.1, 0.15) is 0 Å². The smallest absolute Gasteiger partial charge is 0.311 e. The first-order valence-electron chi connectivity index (χ1n) is 9.37. The van der Waals surface area contributed by atoms with Crippen LogP contribution in [0.3, 0.4) is 0 Å². The monoisotopic (exact) mass is 425 g/mol. The van der Waals surface area contributed by atoms with Crippen LogP contribution >= 0.6 is 0 Å². The van der Waals surface area contributed by atoms with Gasteiger partial charge in [0.2, 0.25) is 5.91 Å². The molecule has 1 aliphatic heterocycles. The molecule has 160 valence electrons. The quantitative estimate of drug-likeness (QED) is 0.309. The average molecular weight is 425 g/mol. The van der Waals surface area contributed by atoms with Gasteiger partial charge in [0.05, 0.1) is 17.4 Å². The Bertz CT molecular complexity index is 1050. The van der Waals surface area contributed by atoms with Gasteiger partial charge >= 0.3 is 5.97 Å². The number of benzene rings is 2. The van der Waals surface area contributed by atoms with E-state index in [1.165, 1.54) is 24.3 Å². The second-order valence-electron chi connectivity index (χ2n) is 7.00. The molecule has 1 saturated heterocycles. The highest BCUT2D eigenvalue weighted by molar-refractivity contribution is 5.99. The van der Waals surface area contributed by atoms with Gasteiger partial charge in [-0.1, -0.05) is 18.2 Å². The summed E-state index contributed by atoms with van der Waals surface area (Å²) in [5.41, 5.74) is 3.64. The molecule has 0 spiro atoms. The maximum absolute atomic E-state index is 12.4. The first-order chi connectivity index (χ1) is 14.8. The van der Waals surface area contributed by atoms with Crippen LogP contribution in [-0.4, -0.2) is 46.7 Å². The molecule has 0 aliphatic carbocycles. The molecule has 2 aromatic rings. The molecule has 1 heterocycles. The van der Waals surface area contributed by atoms with E-state index in [9.17, 15) is 29.3 Å². The third-order valence-electron chi connectivity index (χ3n) is 4.83. The van der Waals surface area contributed by atoms with Crippen molar-refractivity contribution in [1.82, 2.24) is 10.4 Å². The molecular formula is C21H19N3O7. The maximum Gasteiger partial charge on any atom is 0.311 e. The summed E-state index contributed by atoms with van der Waals surface area (Å²) >= 11 is 0. The standard InChI is InChI=1S/C21H19N3O7/c1-13-4-2-3-5-17(13)20(27)22-23-11-15(10-19(23)26)21(28)31-12-18(25)14-6-8-16(9-7-14)24(29)30/h2-9,15H,10-12H2,1H3,(H,22,27). The van der Waals surface area contributed by atoms with Crippen molar-refractivity contribution in [3.05, 3.63) is 75.3 Å². The van der Waals surface area contributed by atoms with E-state index in [4.69, 9.17) is 4.74 Å². The molecule has 10 nitrogen and oxygen atoms in total. The lowest BCUT2D eigenvalue weighted by Gasteiger charge is -2.18. The number of esters is 1. The number of nitrogens with zero attached hydrogens (tertiary/aromatic N) is 2. The molecule has 1 unspecified atom stereocenters. The second-order valence-corrected chi connectivity index (χ2v) is 7.00. The van der Waals surface area contributed by atoms with Gasteiger partial charge in [0.15, 0.2) is 12.4 Å². The average Bonchev–Trinajstić information content (AvgIpc) is 3.12. The summed E-state index contributed by atoms with van der Waals surface area (Å²) in [6.07, 6.45) is -0.154. The summed E-state index contributed by atoms with van der Waals surface area (Å²) in [5, 5.41) is 11.7. The van der Waals surface area contributed by atoms with E-state index in [2.05, 4.69) is 5.43 Å². The summed E-state index contributed by atoms with van der Waals surface area (Å²) < 4.78 is 5.01. The number of Topliss-reactive ketones (excluding diaryl/α,β-unsaturated/α-hetero) is 1. The van der Waals surface area contributed by atoms with Gasteiger partial charge in [-0.2, -0.15) is 0 Å². The highest BCUT2D eigenvalue weighted by Crippen LogP contribution is 2.19. The van der Waals surface area contributed by atoms with Crippen molar-refractivity contribution in [1.29, 1.82) is 0 Å². The number of nitro benzene ring substituents is 1. The maximum atomic E-state index is 12.4. The predicted octanol–water partition coefficient (Wildman–Crippen LogP) is 1.82. The number of carbonyl (C=O) groups is 4. The molecule has 2 aromatic carbocycles. The first-order valence-corrected chi connectivity index (χ1v) is 9.37. The Morgan fingerprint density at radius 3 is 2.48 bits per heavy atom. The Balaban J connectivity index is 1.53. The van der Waals surface area contributed by atoms with E-state index < -0.39 is 41.0 Å². The number of rotatable bonds is 7. The molecule has 31 heavy (non-hydrogen) atoms. The lowest BCUT2D eigenvalue weighted by atomic mass is 10.1. The number of aryl methyl sites for hydroxylation is 1. The van der Waals surface area contributed by atoms with E-state index in [0.717, 1.165) is 10.6 Å². The zero-order valence-corrected chi connectivity index (χ0v) is 16.6. The number of nitrogens with one attached hydrogen (secondary N) is 1. The lowest BCUT2D eigenvalue weighted by molar-refractivity contribution is -0.384. The van der Waals surface area contributed by atoms with Crippen LogP contribution in [0.4, 0.5) is 5.69 Å². The van der Waals surface area contributed by atoms with Crippen LogP contribution in [0.5, 0.6) is 0 Å². The van der Waals surface area contributed by atoms with Crippen molar-refractivity contribution >= 4 is 29.3 Å². The van der Waals surface area contributed by atoms with Crippen LogP contribution in [-0.2, 0) is 14.3 Å². The molecule has 1 atom stereocenters. The second kappa shape index (κ2) is 9.16. The third-order valence-corrected chi connectivity index (χ3v) is 4.83. The van der Waals surface area contributed by atoms with Gasteiger partial charge in [0, 0.05) is 29.7 Å². The van der Waals surface area contributed by atoms with Crippen LogP contribution in [0.1, 0.15) is 32.7 Å². The molecule has 1 N–H and O–H groups in total. The Labute approximate surface area is 176 Å². The van der Waals surface area contributed by atoms with Crippen LogP contribution in [0.15, 0.2) is 48.5 Å². The van der Waals surface area contributed by atoms with Crippen molar-refractivity contribution in [2.75, 3.05) is 13.2 Å². The SMILES string of the molecule is Cc1ccccc1C(=O)NN1CC(C(=O)OCC(=O)c2ccc([N+](=O)[O-])cc2)CC1=O. The van der Waals surface area contributed by atoms with Gasteiger partial charge in [-0.05, 0) is 30.7 Å². The molecule has 0 radical (unpaired) electrons. The van der Waals surface area contributed by atoms with Crippen molar-refractivity contribution in [3.8, 4) is 0 Å². The third kappa shape index (κ3) is 5.10. The van der Waals surface area contributed by atoms with Gasteiger partial charge in [-0.15, -0.1) is 0 Å². The Morgan fingerprint density at radius 1 is 1.16 bits per heavy atom. The first kappa shape index (κ1) is 21.6. The molecule has 0 bridgehead atoms. The Hall–Kier alpha value is -4.08. The van der Waals surface area contributed by atoms with Crippen molar-refractivity contribution in [2.45, 2.75) is 13.3 Å². The Morgan fingerprint density at radius 2 is 1.84 bits per heavy atom. The Kier molecular flexibility index (Phi) is 6.39. The molecule has 1 fully saturated rings. The molecular weight excluding hydrogens is 406 g/mol. The molecule has 0 saturated carbocycles. The van der Waals surface area contributed by atoms with Crippen LogP contribution in [0.2, 0.25) is 0 Å². The number of hydrazine groups is 1. The molecule has 0 aromatic heterocycles. The summed E-state index contributed by atoms with van der Waals surface area (Å²) in [7, 11) is 0. The van der Waals surface area contributed by atoms with E-state index in [1.54, 1.807) is 31.2 Å². The number of nitro groups is 1. The van der Waals surface area contributed by atoms with Crippen molar-refractivity contribution in [2.24, 2.45) is 5.92 Å². The van der Waals surface area contributed by atoms with Crippen LogP contribution < -0.4 is 5.43 Å². The number of hydrogen-bond donors (Lipinski definition) is 1. The summed E-state index contributed by atoms with van der Waals surface area (Å²) in [6, 6.07) is 11.8. The highest BCUT2D eigenvalue weighted by Gasteiger charge is 2.36. The molecule has 1 aliphatic rings. The topological polar surface area (TPSA) is 136 Å². The summed E-state index contributed by atoms with van der Waals surface area (Å²) in [4.78, 5) is 59.0. The predicted molar refractivity (Wildman–Crippen MR) is 107 cm³/mol. The minimum atomic E-state index is -0.825. The fourth-order valence-electron chi connectivity index (χ4n) is 3.09. The van der Waals surface area contributed by atoms with Crippen LogP contribution in [0.25, 0.3) is 0 Å².